The van der Waals surface area contributed by atoms with Crippen molar-refractivity contribution in [1.29, 1.82) is 0 Å². The van der Waals surface area contributed by atoms with Crippen LogP contribution in [0.25, 0.3) is 0 Å². The Hall–Kier alpha value is -3.04. The molecule has 29 heavy (non-hydrogen) atoms. The van der Waals surface area contributed by atoms with E-state index in [0.29, 0.717) is 11.4 Å². The highest BCUT2D eigenvalue weighted by Gasteiger charge is 2.29. The van der Waals surface area contributed by atoms with Crippen molar-refractivity contribution in [2.75, 3.05) is 6.61 Å². The van der Waals surface area contributed by atoms with Crippen LogP contribution in [-0.4, -0.2) is 39.4 Å². The predicted octanol–water partition coefficient (Wildman–Crippen LogP) is 3.05. The van der Waals surface area contributed by atoms with Crippen LogP contribution in [0.2, 0.25) is 0 Å². The summed E-state index contributed by atoms with van der Waals surface area (Å²) < 4.78 is 41.3. The molecule has 0 fully saturated rings. The average molecular weight is 410 g/mol. The van der Waals surface area contributed by atoms with Gasteiger partial charge in [-0.15, -0.1) is 0 Å². The number of alkyl halides is 3. The molecule has 0 saturated carbocycles. The molecule has 0 bridgehead atoms. The molecule has 2 rings (SSSR count). The van der Waals surface area contributed by atoms with Gasteiger partial charge in [-0.2, -0.15) is 13.2 Å². The smallest absolute Gasteiger partial charge is 0.422 e. The fourth-order valence-corrected chi connectivity index (χ4v) is 2.59. The van der Waals surface area contributed by atoms with Gasteiger partial charge in [0.15, 0.2) is 6.61 Å². The van der Waals surface area contributed by atoms with Gasteiger partial charge in [0.05, 0.1) is 12.2 Å². The number of aromatic nitrogens is 3. The first kappa shape index (κ1) is 22.3. The zero-order valence-electron chi connectivity index (χ0n) is 16.4. The quantitative estimate of drug-likeness (QED) is 0.754. The summed E-state index contributed by atoms with van der Waals surface area (Å²) >= 11 is 0. The molecule has 2 aromatic rings. The summed E-state index contributed by atoms with van der Waals surface area (Å²) in [4.78, 5) is 35.8. The Balaban J connectivity index is 2.10. The molecule has 1 atom stereocenters. The molecule has 2 heterocycles. The molecule has 156 valence electrons. The van der Waals surface area contributed by atoms with Crippen LogP contribution in [0.3, 0.4) is 0 Å². The second-order valence-electron chi connectivity index (χ2n) is 6.66. The molecule has 0 saturated heterocycles. The Bertz CT molecular complexity index is 916. The molecule has 0 aliphatic carbocycles. The molecular weight excluding hydrogens is 389 g/mol. The van der Waals surface area contributed by atoms with Crippen molar-refractivity contribution in [3.63, 3.8) is 0 Å². The largest absolute Gasteiger partial charge is 0.467 e. The summed E-state index contributed by atoms with van der Waals surface area (Å²) in [6.45, 7) is 4.92. The summed E-state index contributed by atoms with van der Waals surface area (Å²) in [5, 5.41) is 2.75. The van der Waals surface area contributed by atoms with Crippen molar-refractivity contribution in [3.05, 3.63) is 46.7 Å². The first-order valence-electron chi connectivity index (χ1n) is 8.75. The standard InChI is InChI=1S/C19H21F3N4O3/c1-10-5-14(7-15(24-10)6-11(2)27)12(3)26-17(28)16-8-23-18(13(4)25-16)29-9-19(20,21)22/h5,7-8,12H,6,9H2,1-4H3,(H,26,28). The number of pyridine rings is 1. The van der Waals surface area contributed by atoms with Gasteiger partial charge in [0.1, 0.15) is 17.2 Å². The minimum Gasteiger partial charge on any atom is -0.467 e. The number of halogens is 3. The van der Waals surface area contributed by atoms with Gasteiger partial charge in [-0.05, 0) is 45.4 Å². The number of aryl methyl sites for hydroxylation is 2. The lowest BCUT2D eigenvalue weighted by Gasteiger charge is -2.16. The van der Waals surface area contributed by atoms with Crippen LogP contribution in [0.4, 0.5) is 13.2 Å². The van der Waals surface area contributed by atoms with E-state index in [9.17, 15) is 22.8 Å². The van der Waals surface area contributed by atoms with E-state index in [1.807, 2.05) is 0 Å². The van der Waals surface area contributed by atoms with E-state index in [4.69, 9.17) is 0 Å². The summed E-state index contributed by atoms with van der Waals surface area (Å²) in [5.74, 6) is -0.854. The highest BCUT2D eigenvalue weighted by Crippen LogP contribution is 2.20. The lowest BCUT2D eigenvalue weighted by molar-refractivity contribution is -0.154. The highest BCUT2D eigenvalue weighted by molar-refractivity contribution is 5.92. The van der Waals surface area contributed by atoms with Gasteiger partial charge in [0.2, 0.25) is 5.88 Å². The van der Waals surface area contributed by atoms with Crippen LogP contribution < -0.4 is 10.1 Å². The molecule has 1 N–H and O–H groups in total. The molecule has 0 aliphatic rings. The van der Waals surface area contributed by atoms with Crippen LogP contribution in [0.5, 0.6) is 5.88 Å². The van der Waals surface area contributed by atoms with Crippen LogP contribution in [0.15, 0.2) is 18.3 Å². The van der Waals surface area contributed by atoms with Crippen LogP contribution in [-0.2, 0) is 11.2 Å². The van der Waals surface area contributed by atoms with Crippen molar-refractivity contribution in [2.45, 2.75) is 46.3 Å². The van der Waals surface area contributed by atoms with Gasteiger partial charge >= 0.3 is 6.18 Å². The van der Waals surface area contributed by atoms with Crippen molar-refractivity contribution in [1.82, 2.24) is 20.3 Å². The summed E-state index contributed by atoms with van der Waals surface area (Å²) in [5.41, 5.74) is 2.09. The van der Waals surface area contributed by atoms with Crippen LogP contribution in [0.1, 0.15) is 53.0 Å². The molecule has 1 amide bonds. The van der Waals surface area contributed by atoms with E-state index in [1.165, 1.54) is 13.8 Å². The number of amides is 1. The summed E-state index contributed by atoms with van der Waals surface area (Å²) in [7, 11) is 0. The Labute approximate surface area is 165 Å². The SMILES string of the molecule is CC(=O)Cc1cc(C(C)NC(=O)c2cnc(OCC(F)(F)F)c(C)n2)cc(C)n1. The number of rotatable bonds is 7. The highest BCUT2D eigenvalue weighted by atomic mass is 19.4. The molecule has 2 aromatic heterocycles. The second-order valence-corrected chi connectivity index (χ2v) is 6.66. The van der Waals surface area contributed by atoms with E-state index >= 15 is 0 Å². The number of nitrogens with zero attached hydrogens (tertiary/aromatic N) is 3. The Morgan fingerprint density at radius 1 is 1.21 bits per heavy atom. The summed E-state index contributed by atoms with van der Waals surface area (Å²) in [6.07, 6.45) is -3.25. The number of nitrogens with one attached hydrogen (secondary N) is 1. The van der Waals surface area contributed by atoms with Gasteiger partial charge in [0, 0.05) is 17.8 Å². The number of Topliss-reactive ketones (excluding diaryl/α,β-unsaturated/α-hetero) is 1. The molecule has 0 radical (unpaired) electrons. The van der Waals surface area contributed by atoms with E-state index in [2.05, 4.69) is 25.0 Å². The first-order chi connectivity index (χ1) is 13.4. The second kappa shape index (κ2) is 8.97. The van der Waals surface area contributed by atoms with Gasteiger partial charge in [-0.3, -0.25) is 14.6 Å². The van der Waals surface area contributed by atoms with Gasteiger partial charge < -0.3 is 10.1 Å². The van der Waals surface area contributed by atoms with Crippen molar-refractivity contribution >= 4 is 11.7 Å². The molecule has 0 aliphatic heterocycles. The third-order valence-corrected chi connectivity index (χ3v) is 3.81. The molecule has 0 spiro atoms. The van der Waals surface area contributed by atoms with Crippen LogP contribution >= 0.6 is 0 Å². The minimum absolute atomic E-state index is 0.0238. The third-order valence-electron chi connectivity index (χ3n) is 3.81. The lowest BCUT2D eigenvalue weighted by Crippen LogP contribution is -2.28. The van der Waals surface area contributed by atoms with Gasteiger partial charge in [0.25, 0.3) is 5.91 Å². The Kier molecular flexibility index (Phi) is 6.89. The maximum atomic E-state index is 12.5. The number of carbonyl (C=O) groups excluding carboxylic acids is 2. The van der Waals surface area contributed by atoms with Gasteiger partial charge in [-0.25, -0.2) is 9.97 Å². The summed E-state index contributed by atoms with van der Waals surface area (Å²) in [6, 6.07) is 3.11. The maximum Gasteiger partial charge on any atom is 0.422 e. The topological polar surface area (TPSA) is 94.1 Å². The van der Waals surface area contributed by atoms with Crippen molar-refractivity contribution in [3.8, 4) is 5.88 Å². The maximum absolute atomic E-state index is 12.5. The monoisotopic (exact) mass is 410 g/mol. The van der Waals surface area contributed by atoms with E-state index in [-0.39, 0.29) is 29.5 Å². The Morgan fingerprint density at radius 3 is 2.48 bits per heavy atom. The van der Waals surface area contributed by atoms with E-state index in [0.717, 1.165) is 11.8 Å². The lowest BCUT2D eigenvalue weighted by atomic mass is 10.1. The molecule has 7 nitrogen and oxygen atoms in total. The van der Waals surface area contributed by atoms with Gasteiger partial charge in [-0.1, -0.05) is 0 Å². The van der Waals surface area contributed by atoms with Crippen molar-refractivity contribution < 1.29 is 27.5 Å². The number of hydrogen-bond donors (Lipinski definition) is 1. The zero-order valence-corrected chi connectivity index (χ0v) is 16.4. The fraction of sp³-hybridized carbons (Fsp3) is 0.421. The molecule has 0 aromatic carbocycles. The van der Waals surface area contributed by atoms with Crippen LogP contribution in [0, 0.1) is 13.8 Å². The number of hydrogen-bond acceptors (Lipinski definition) is 6. The molecule has 1 unspecified atom stereocenters. The number of carbonyl (C=O) groups is 2. The van der Waals surface area contributed by atoms with E-state index in [1.54, 1.807) is 26.0 Å². The predicted molar refractivity (Wildman–Crippen MR) is 97.6 cm³/mol. The zero-order chi connectivity index (χ0) is 21.8. The number of ether oxygens (including phenoxy) is 1. The average Bonchev–Trinajstić information content (AvgIpc) is 2.58. The molecule has 10 heteroatoms. The Morgan fingerprint density at radius 2 is 1.90 bits per heavy atom. The van der Waals surface area contributed by atoms with Crippen molar-refractivity contribution in [2.24, 2.45) is 0 Å². The fourth-order valence-electron chi connectivity index (χ4n) is 2.59. The molecular formula is C19H21F3N4O3. The normalized spacial score (nSPS) is 12.4. The first-order valence-corrected chi connectivity index (χ1v) is 8.75. The minimum atomic E-state index is -4.50. The number of ketones is 1. The third kappa shape index (κ3) is 6.81. The van der Waals surface area contributed by atoms with E-state index < -0.39 is 24.7 Å².